The van der Waals surface area contributed by atoms with Crippen LogP contribution < -0.4 is 15.8 Å². The van der Waals surface area contributed by atoms with Gasteiger partial charge in [0, 0.05) is 24.0 Å². The smallest absolute Gasteiger partial charge is 0.322 e. The fraction of sp³-hybridized carbons (Fsp3) is 0.267. The van der Waals surface area contributed by atoms with Crippen LogP contribution in [-0.4, -0.2) is 22.4 Å². The van der Waals surface area contributed by atoms with E-state index < -0.39 is 0 Å². The first kappa shape index (κ1) is 17.9. The molecule has 0 unspecified atom stereocenters. The molecule has 3 N–H and O–H groups in total. The van der Waals surface area contributed by atoms with Gasteiger partial charge in [-0.3, -0.25) is 4.79 Å². The van der Waals surface area contributed by atoms with Gasteiger partial charge >= 0.3 is 6.01 Å². The molecular formula is C15H19ClN4O2. The number of hydrogen-bond acceptors (Lipinski definition) is 5. The van der Waals surface area contributed by atoms with Crippen molar-refractivity contribution in [2.45, 2.75) is 19.8 Å². The molecule has 0 fully saturated rings. The van der Waals surface area contributed by atoms with Crippen LogP contribution in [-0.2, 0) is 4.79 Å². The van der Waals surface area contributed by atoms with E-state index in [0.717, 1.165) is 11.4 Å². The molecule has 2 aromatic rings. The minimum Gasteiger partial charge on any atom is -0.424 e. The Morgan fingerprint density at radius 1 is 1.27 bits per heavy atom. The van der Waals surface area contributed by atoms with Gasteiger partial charge in [-0.05, 0) is 50.2 Å². The molecule has 0 aliphatic carbocycles. The summed E-state index contributed by atoms with van der Waals surface area (Å²) in [4.78, 5) is 19.7. The van der Waals surface area contributed by atoms with E-state index in [0.29, 0.717) is 31.1 Å². The Bertz CT molecular complexity index is 605. The van der Waals surface area contributed by atoms with Crippen molar-refractivity contribution in [2.75, 3.05) is 11.9 Å². The maximum atomic E-state index is 11.6. The topological polar surface area (TPSA) is 90.1 Å². The lowest BCUT2D eigenvalue weighted by Crippen LogP contribution is -2.13. The molecule has 2 rings (SSSR count). The van der Waals surface area contributed by atoms with Crippen LogP contribution in [0.4, 0.5) is 5.69 Å². The number of benzene rings is 1. The van der Waals surface area contributed by atoms with Crippen molar-refractivity contribution in [3.8, 4) is 11.8 Å². The molecule has 1 heterocycles. The van der Waals surface area contributed by atoms with Crippen molar-refractivity contribution in [2.24, 2.45) is 5.73 Å². The lowest BCUT2D eigenvalue weighted by atomic mass is 10.2. The molecule has 1 amide bonds. The molecule has 7 heteroatoms. The number of halogens is 1. The predicted octanol–water partition coefficient (Wildman–Crippen LogP) is 2.68. The van der Waals surface area contributed by atoms with Crippen molar-refractivity contribution in [1.29, 1.82) is 0 Å². The fourth-order valence-electron chi connectivity index (χ4n) is 1.67. The van der Waals surface area contributed by atoms with Gasteiger partial charge in [-0.15, -0.1) is 12.4 Å². The Morgan fingerprint density at radius 3 is 2.64 bits per heavy atom. The molecular weight excluding hydrogens is 304 g/mol. The van der Waals surface area contributed by atoms with Gasteiger partial charge in [0.05, 0.1) is 0 Å². The van der Waals surface area contributed by atoms with Gasteiger partial charge in [0.15, 0.2) is 0 Å². The van der Waals surface area contributed by atoms with E-state index in [1.807, 2.05) is 6.92 Å². The first-order chi connectivity index (χ1) is 10.2. The normalized spacial score (nSPS) is 9.73. The number of anilines is 1. The van der Waals surface area contributed by atoms with E-state index in [4.69, 9.17) is 10.5 Å². The van der Waals surface area contributed by atoms with Gasteiger partial charge in [-0.1, -0.05) is 0 Å². The SMILES string of the molecule is Cc1ccnc(Oc2ccc(NC(=O)CCCN)cc2)n1.Cl. The number of hydrogen-bond donors (Lipinski definition) is 2. The number of aryl methyl sites for hydroxylation is 1. The highest BCUT2D eigenvalue weighted by molar-refractivity contribution is 5.90. The molecule has 0 spiro atoms. The van der Waals surface area contributed by atoms with Crippen molar-refractivity contribution >= 4 is 24.0 Å². The minimum atomic E-state index is -0.0452. The van der Waals surface area contributed by atoms with Crippen molar-refractivity contribution < 1.29 is 9.53 Å². The highest BCUT2D eigenvalue weighted by Gasteiger charge is 2.03. The number of amides is 1. The third-order valence-corrected chi connectivity index (χ3v) is 2.73. The molecule has 0 bridgehead atoms. The minimum absolute atomic E-state index is 0. The van der Waals surface area contributed by atoms with Crippen molar-refractivity contribution in [1.82, 2.24) is 9.97 Å². The lowest BCUT2D eigenvalue weighted by Gasteiger charge is -2.07. The highest BCUT2D eigenvalue weighted by atomic mass is 35.5. The average Bonchev–Trinajstić information content (AvgIpc) is 2.47. The predicted molar refractivity (Wildman–Crippen MR) is 87.5 cm³/mol. The quantitative estimate of drug-likeness (QED) is 0.853. The van der Waals surface area contributed by atoms with Gasteiger partial charge in [-0.25, -0.2) is 9.97 Å². The standard InChI is InChI=1S/C15H18N4O2.ClH/c1-11-8-10-17-15(18-11)21-13-6-4-12(5-7-13)19-14(20)3-2-9-16;/h4-8,10H,2-3,9,16H2,1H3,(H,19,20);1H. The summed E-state index contributed by atoms with van der Waals surface area (Å²) in [6, 6.07) is 9.15. The Morgan fingerprint density at radius 2 is 2.00 bits per heavy atom. The zero-order valence-electron chi connectivity index (χ0n) is 12.3. The summed E-state index contributed by atoms with van der Waals surface area (Å²) in [5.41, 5.74) is 6.92. The summed E-state index contributed by atoms with van der Waals surface area (Å²) < 4.78 is 5.53. The highest BCUT2D eigenvalue weighted by Crippen LogP contribution is 2.20. The first-order valence-electron chi connectivity index (χ1n) is 6.75. The second kappa shape index (κ2) is 8.96. The Kier molecular flexibility index (Phi) is 7.28. The molecule has 1 aromatic heterocycles. The summed E-state index contributed by atoms with van der Waals surface area (Å²) in [6.07, 6.45) is 2.74. The van der Waals surface area contributed by atoms with Crippen LogP contribution in [0.25, 0.3) is 0 Å². The molecule has 0 radical (unpaired) electrons. The molecule has 22 heavy (non-hydrogen) atoms. The zero-order chi connectivity index (χ0) is 15.1. The number of ether oxygens (including phenoxy) is 1. The Labute approximate surface area is 135 Å². The van der Waals surface area contributed by atoms with E-state index in [-0.39, 0.29) is 18.3 Å². The first-order valence-corrected chi connectivity index (χ1v) is 6.75. The number of nitrogens with two attached hydrogens (primary N) is 1. The lowest BCUT2D eigenvalue weighted by molar-refractivity contribution is -0.116. The maximum absolute atomic E-state index is 11.6. The molecule has 0 atom stereocenters. The van der Waals surface area contributed by atoms with Gasteiger partial charge in [0.1, 0.15) is 5.75 Å². The largest absolute Gasteiger partial charge is 0.424 e. The number of carbonyl (C=O) groups is 1. The zero-order valence-corrected chi connectivity index (χ0v) is 13.1. The number of carbonyl (C=O) groups excluding carboxylic acids is 1. The van der Waals surface area contributed by atoms with Gasteiger partial charge < -0.3 is 15.8 Å². The van der Waals surface area contributed by atoms with Crippen LogP contribution in [0.15, 0.2) is 36.5 Å². The number of aromatic nitrogens is 2. The molecule has 6 nitrogen and oxygen atoms in total. The Balaban J connectivity index is 0.00000242. The van der Waals surface area contributed by atoms with Crippen LogP contribution in [0.2, 0.25) is 0 Å². The summed E-state index contributed by atoms with van der Waals surface area (Å²) in [7, 11) is 0. The van der Waals surface area contributed by atoms with E-state index in [2.05, 4.69) is 15.3 Å². The summed E-state index contributed by atoms with van der Waals surface area (Å²) in [5, 5.41) is 2.80. The second-order valence-corrected chi connectivity index (χ2v) is 4.55. The van der Waals surface area contributed by atoms with Crippen LogP contribution in [0, 0.1) is 6.92 Å². The molecule has 1 aromatic carbocycles. The van der Waals surface area contributed by atoms with E-state index in [9.17, 15) is 4.79 Å². The molecule has 0 saturated heterocycles. The molecule has 0 aliphatic rings. The molecule has 118 valence electrons. The molecule has 0 aliphatic heterocycles. The third-order valence-electron chi connectivity index (χ3n) is 2.73. The number of rotatable bonds is 6. The maximum Gasteiger partial charge on any atom is 0.322 e. The second-order valence-electron chi connectivity index (χ2n) is 4.55. The number of nitrogens with zero attached hydrogens (tertiary/aromatic N) is 2. The van der Waals surface area contributed by atoms with Gasteiger partial charge in [0.2, 0.25) is 5.91 Å². The van der Waals surface area contributed by atoms with Crippen molar-refractivity contribution in [3.63, 3.8) is 0 Å². The van der Waals surface area contributed by atoms with Gasteiger partial charge in [0.25, 0.3) is 0 Å². The fourth-order valence-corrected chi connectivity index (χ4v) is 1.67. The van der Waals surface area contributed by atoms with E-state index >= 15 is 0 Å². The Hall–Kier alpha value is -2.18. The average molecular weight is 323 g/mol. The summed E-state index contributed by atoms with van der Waals surface area (Å²) in [6.45, 7) is 2.38. The van der Waals surface area contributed by atoms with Crippen LogP contribution in [0.1, 0.15) is 18.5 Å². The van der Waals surface area contributed by atoms with Gasteiger partial charge in [-0.2, -0.15) is 0 Å². The van der Waals surface area contributed by atoms with Crippen LogP contribution >= 0.6 is 12.4 Å². The molecule has 0 saturated carbocycles. The third kappa shape index (κ3) is 5.67. The number of nitrogens with one attached hydrogen (secondary N) is 1. The summed E-state index contributed by atoms with van der Waals surface area (Å²) in [5.74, 6) is 0.566. The monoisotopic (exact) mass is 322 g/mol. The van der Waals surface area contributed by atoms with E-state index in [1.54, 1.807) is 36.5 Å². The van der Waals surface area contributed by atoms with Crippen molar-refractivity contribution in [3.05, 3.63) is 42.2 Å². The van der Waals surface area contributed by atoms with Crippen LogP contribution in [0.5, 0.6) is 11.8 Å². The van der Waals surface area contributed by atoms with E-state index in [1.165, 1.54) is 0 Å². The van der Waals surface area contributed by atoms with Crippen LogP contribution in [0.3, 0.4) is 0 Å². The summed E-state index contributed by atoms with van der Waals surface area (Å²) >= 11 is 0.